The zero-order valence-electron chi connectivity index (χ0n) is 18.1. The van der Waals surface area contributed by atoms with E-state index < -0.39 is 11.7 Å². The number of nitrogens with zero attached hydrogens (tertiary/aromatic N) is 2. The van der Waals surface area contributed by atoms with Crippen LogP contribution in [0, 0.1) is 0 Å². The normalized spacial score (nSPS) is 15.3. The Balaban J connectivity index is 2.13. The molecule has 1 aliphatic heterocycles. The minimum absolute atomic E-state index is 0.0182. The van der Waals surface area contributed by atoms with Gasteiger partial charge in [0.2, 0.25) is 5.91 Å². The molecule has 0 saturated carbocycles. The standard InChI is InChI=1S/C23H29F3N4O/c1-4-5-20(31)30-22-21(14(2)3)17(8-11-28-22)19-13-16(23(24,25)26)12-18(29-19)15-6-9-27-10-7-15/h8,11-15,27H,4-7,9-10H2,1-3H3,(H,28,30,31). The molecule has 2 aromatic rings. The highest BCUT2D eigenvalue weighted by molar-refractivity contribution is 5.91. The lowest BCUT2D eigenvalue weighted by Crippen LogP contribution is -2.27. The molecule has 1 amide bonds. The zero-order valence-corrected chi connectivity index (χ0v) is 18.1. The van der Waals surface area contributed by atoms with Gasteiger partial charge < -0.3 is 10.6 Å². The van der Waals surface area contributed by atoms with E-state index in [0.29, 0.717) is 35.5 Å². The first-order chi connectivity index (χ1) is 14.7. The molecule has 0 aliphatic carbocycles. The van der Waals surface area contributed by atoms with Crippen LogP contribution in [0.3, 0.4) is 0 Å². The monoisotopic (exact) mass is 434 g/mol. The summed E-state index contributed by atoms with van der Waals surface area (Å²) in [6, 6.07) is 3.96. The van der Waals surface area contributed by atoms with Gasteiger partial charge in [-0.3, -0.25) is 9.78 Å². The molecular formula is C23H29F3N4O. The Kier molecular flexibility index (Phi) is 7.30. The van der Waals surface area contributed by atoms with Crippen LogP contribution in [-0.2, 0) is 11.0 Å². The molecule has 2 N–H and O–H groups in total. The average Bonchev–Trinajstić information content (AvgIpc) is 2.73. The zero-order chi connectivity index (χ0) is 22.6. The van der Waals surface area contributed by atoms with E-state index in [-0.39, 0.29) is 23.4 Å². The maximum atomic E-state index is 13.7. The number of hydrogen-bond donors (Lipinski definition) is 2. The minimum Gasteiger partial charge on any atom is -0.317 e. The highest BCUT2D eigenvalue weighted by Gasteiger charge is 2.33. The van der Waals surface area contributed by atoms with Crippen LogP contribution in [0.25, 0.3) is 11.3 Å². The molecular weight excluding hydrogens is 405 g/mol. The Morgan fingerprint density at radius 1 is 1.26 bits per heavy atom. The van der Waals surface area contributed by atoms with Gasteiger partial charge in [-0.15, -0.1) is 0 Å². The maximum absolute atomic E-state index is 13.7. The molecule has 8 heteroatoms. The number of piperidine rings is 1. The van der Waals surface area contributed by atoms with E-state index in [1.807, 2.05) is 20.8 Å². The highest BCUT2D eigenvalue weighted by atomic mass is 19.4. The Hall–Kier alpha value is -2.48. The molecule has 31 heavy (non-hydrogen) atoms. The molecule has 0 unspecified atom stereocenters. The maximum Gasteiger partial charge on any atom is 0.416 e. The van der Waals surface area contributed by atoms with E-state index >= 15 is 0 Å². The van der Waals surface area contributed by atoms with Crippen molar-refractivity contribution in [3.8, 4) is 11.3 Å². The SMILES string of the molecule is CCCC(=O)Nc1nccc(-c2cc(C(F)(F)F)cc(C3CCNCC3)n2)c1C(C)C. The molecule has 3 rings (SSSR count). The van der Waals surface area contributed by atoms with Crippen molar-refractivity contribution in [3.05, 3.63) is 41.2 Å². The fourth-order valence-corrected chi connectivity index (χ4v) is 3.98. The summed E-state index contributed by atoms with van der Waals surface area (Å²) in [7, 11) is 0. The number of hydrogen-bond acceptors (Lipinski definition) is 4. The van der Waals surface area contributed by atoms with Crippen molar-refractivity contribution < 1.29 is 18.0 Å². The first kappa shape index (κ1) is 23.2. The summed E-state index contributed by atoms with van der Waals surface area (Å²) in [5.41, 5.74) is 1.29. The lowest BCUT2D eigenvalue weighted by atomic mass is 9.91. The van der Waals surface area contributed by atoms with Crippen LogP contribution in [-0.4, -0.2) is 29.0 Å². The molecule has 1 saturated heterocycles. The smallest absolute Gasteiger partial charge is 0.317 e. The van der Waals surface area contributed by atoms with E-state index in [2.05, 4.69) is 20.6 Å². The fourth-order valence-electron chi connectivity index (χ4n) is 3.98. The molecule has 1 fully saturated rings. The lowest BCUT2D eigenvalue weighted by Gasteiger charge is -2.24. The van der Waals surface area contributed by atoms with Crippen molar-refractivity contribution in [3.63, 3.8) is 0 Å². The molecule has 168 valence electrons. The molecule has 0 spiro atoms. The van der Waals surface area contributed by atoms with Gasteiger partial charge in [0.25, 0.3) is 0 Å². The Bertz CT molecular complexity index is 922. The van der Waals surface area contributed by atoms with Crippen molar-refractivity contribution in [1.82, 2.24) is 15.3 Å². The van der Waals surface area contributed by atoms with Crippen LogP contribution >= 0.6 is 0 Å². The number of amides is 1. The summed E-state index contributed by atoms with van der Waals surface area (Å²) in [5, 5.41) is 6.05. The van der Waals surface area contributed by atoms with Crippen LogP contribution in [0.4, 0.5) is 19.0 Å². The van der Waals surface area contributed by atoms with E-state index in [1.165, 1.54) is 12.3 Å². The van der Waals surface area contributed by atoms with Crippen molar-refractivity contribution in [2.75, 3.05) is 18.4 Å². The molecule has 5 nitrogen and oxygen atoms in total. The summed E-state index contributed by atoms with van der Waals surface area (Å²) < 4.78 is 41.1. The molecule has 0 bridgehead atoms. The number of pyridine rings is 2. The molecule has 0 atom stereocenters. The van der Waals surface area contributed by atoms with Crippen molar-refractivity contribution in [2.24, 2.45) is 0 Å². The molecule has 0 radical (unpaired) electrons. The third kappa shape index (κ3) is 5.61. The Morgan fingerprint density at radius 3 is 2.58 bits per heavy atom. The number of carbonyl (C=O) groups excluding carboxylic acids is 1. The molecule has 2 aromatic heterocycles. The summed E-state index contributed by atoms with van der Waals surface area (Å²) in [6.45, 7) is 7.28. The van der Waals surface area contributed by atoms with Crippen molar-refractivity contribution in [2.45, 2.75) is 64.5 Å². The lowest BCUT2D eigenvalue weighted by molar-refractivity contribution is -0.137. The number of alkyl halides is 3. The van der Waals surface area contributed by atoms with Gasteiger partial charge in [0.15, 0.2) is 0 Å². The van der Waals surface area contributed by atoms with Crippen LogP contribution < -0.4 is 10.6 Å². The Labute approximate surface area is 180 Å². The molecule has 0 aromatic carbocycles. The third-order valence-corrected chi connectivity index (χ3v) is 5.51. The summed E-state index contributed by atoms with van der Waals surface area (Å²) in [4.78, 5) is 21.1. The minimum atomic E-state index is -4.47. The second-order valence-corrected chi connectivity index (χ2v) is 8.26. The number of aromatic nitrogens is 2. The van der Waals surface area contributed by atoms with Crippen molar-refractivity contribution in [1.29, 1.82) is 0 Å². The van der Waals surface area contributed by atoms with Gasteiger partial charge in [-0.25, -0.2) is 4.98 Å². The molecule has 1 aliphatic rings. The number of anilines is 1. The van der Waals surface area contributed by atoms with Gasteiger partial charge >= 0.3 is 6.18 Å². The van der Waals surface area contributed by atoms with Crippen LogP contribution in [0.1, 0.15) is 75.1 Å². The van der Waals surface area contributed by atoms with Gasteiger partial charge in [-0.2, -0.15) is 13.2 Å². The van der Waals surface area contributed by atoms with E-state index in [0.717, 1.165) is 32.0 Å². The van der Waals surface area contributed by atoms with Crippen LogP contribution in [0.15, 0.2) is 24.4 Å². The first-order valence-corrected chi connectivity index (χ1v) is 10.8. The van der Waals surface area contributed by atoms with Gasteiger partial charge in [0.05, 0.1) is 11.3 Å². The number of nitrogens with one attached hydrogen (secondary N) is 2. The number of halogens is 3. The fraction of sp³-hybridized carbons (Fsp3) is 0.522. The summed E-state index contributed by atoms with van der Waals surface area (Å²) in [5.74, 6) is 0.129. The number of rotatable bonds is 6. The second kappa shape index (κ2) is 9.77. The quantitative estimate of drug-likeness (QED) is 0.631. The average molecular weight is 435 g/mol. The molecule has 3 heterocycles. The van der Waals surface area contributed by atoms with Gasteiger partial charge in [0, 0.05) is 35.4 Å². The van der Waals surface area contributed by atoms with E-state index in [4.69, 9.17) is 0 Å². The summed E-state index contributed by atoms with van der Waals surface area (Å²) >= 11 is 0. The van der Waals surface area contributed by atoms with Crippen LogP contribution in [0.2, 0.25) is 0 Å². The van der Waals surface area contributed by atoms with E-state index in [1.54, 1.807) is 6.07 Å². The Morgan fingerprint density at radius 2 is 1.97 bits per heavy atom. The van der Waals surface area contributed by atoms with Crippen molar-refractivity contribution >= 4 is 11.7 Å². The van der Waals surface area contributed by atoms with Gasteiger partial charge in [-0.1, -0.05) is 20.8 Å². The predicted octanol–water partition coefficient (Wildman–Crippen LogP) is 5.49. The third-order valence-electron chi connectivity index (χ3n) is 5.51. The van der Waals surface area contributed by atoms with Gasteiger partial charge in [0.1, 0.15) is 5.82 Å². The van der Waals surface area contributed by atoms with E-state index in [9.17, 15) is 18.0 Å². The topological polar surface area (TPSA) is 66.9 Å². The second-order valence-electron chi connectivity index (χ2n) is 8.26. The predicted molar refractivity (Wildman–Crippen MR) is 115 cm³/mol. The summed E-state index contributed by atoms with van der Waals surface area (Å²) in [6.07, 6.45) is -0.418. The van der Waals surface area contributed by atoms with Gasteiger partial charge in [-0.05, 0) is 56.5 Å². The van der Waals surface area contributed by atoms with Crippen LogP contribution in [0.5, 0.6) is 0 Å². The number of carbonyl (C=O) groups is 1. The first-order valence-electron chi connectivity index (χ1n) is 10.8. The largest absolute Gasteiger partial charge is 0.416 e. The highest BCUT2D eigenvalue weighted by Crippen LogP contribution is 2.38.